The van der Waals surface area contributed by atoms with Crippen LogP contribution in [-0.2, 0) is 6.42 Å². The van der Waals surface area contributed by atoms with E-state index in [9.17, 15) is 4.39 Å². The van der Waals surface area contributed by atoms with Crippen LogP contribution in [0.5, 0.6) is 0 Å². The number of hydrogen-bond donors (Lipinski definition) is 2. The monoisotopic (exact) mass is 302 g/mol. The maximum absolute atomic E-state index is 13.1. The molecule has 0 aliphatic rings. The Bertz CT molecular complexity index is 355. The van der Waals surface area contributed by atoms with Crippen LogP contribution in [0.25, 0.3) is 0 Å². The van der Waals surface area contributed by atoms with Gasteiger partial charge in [0.25, 0.3) is 0 Å². The fourth-order valence-electron chi connectivity index (χ4n) is 1.73. The molecule has 0 saturated carbocycles. The van der Waals surface area contributed by atoms with Crippen LogP contribution in [0.3, 0.4) is 0 Å². The first-order chi connectivity index (χ1) is 8.02. The molecule has 4 heteroatoms. The summed E-state index contributed by atoms with van der Waals surface area (Å²) in [6.07, 6.45) is 2.99. The van der Waals surface area contributed by atoms with Crippen molar-refractivity contribution in [3.63, 3.8) is 0 Å². The van der Waals surface area contributed by atoms with Crippen molar-refractivity contribution in [2.24, 2.45) is 11.8 Å². The van der Waals surface area contributed by atoms with Crippen molar-refractivity contribution in [3.8, 4) is 0 Å². The molecule has 1 rings (SSSR count). The number of rotatable bonds is 6. The van der Waals surface area contributed by atoms with Crippen LogP contribution in [0.2, 0.25) is 0 Å². The second-order valence-electron chi connectivity index (χ2n) is 4.79. The average molecular weight is 303 g/mol. The smallest absolute Gasteiger partial charge is 0.137 e. The van der Waals surface area contributed by atoms with Gasteiger partial charge in [-0.05, 0) is 58.8 Å². The molecule has 0 spiro atoms. The van der Waals surface area contributed by atoms with E-state index in [-0.39, 0.29) is 11.9 Å². The molecule has 0 aromatic heterocycles. The van der Waals surface area contributed by atoms with Crippen molar-refractivity contribution >= 4 is 15.9 Å². The second-order valence-corrected chi connectivity index (χ2v) is 5.64. The van der Waals surface area contributed by atoms with Crippen molar-refractivity contribution in [2.45, 2.75) is 39.2 Å². The predicted octanol–water partition coefficient (Wildman–Crippen LogP) is 3.40. The first-order valence-corrected chi connectivity index (χ1v) is 6.72. The zero-order valence-electron chi connectivity index (χ0n) is 10.3. The SMILES string of the molecule is CC(C)CCC(Cc1ccc(F)c(Br)c1)NN. The van der Waals surface area contributed by atoms with E-state index in [0.717, 1.165) is 24.8 Å². The largest absolute Gasteiger partial charge is 0.271 e. The molecule has 17 heavy (non-hydrogen) atoms. The molecule has 1 atom stereocenters. The highest BCUT2D eigenvalue weighted by Crippen LogP contribution is 2.19. The van der Waals surface area contributed by atoms with E-state index in [1.165, 1.54) is 6.07 Å². The minimum atomic E-state index is -0.229. The van der Waals surface area contributed by atoms with Gasteiger partial charge in [0.1, 0.15) is 5.82 Å². The third-order valence-electron chi connectivity index (χ3n) is 2.79. The quantitative estimate of drug-likeness (QED) is 0.624. The molecule has 0 heterocycles. The molecule has 0 saturated heterocycles. The van der Waals surface area contributed by atoms with E-state index in [4.69, 9.17) is 5.84 Å². The summed E-state index contributed by atoms with van der Waals surface area (Å²) in [7, 11) is 0. The fraction of sp³-hybridized carbons (Fsp3) is 0.538. The van der Waals surface area contributed by atoms with Crippen LogP contribution in [-0.4, -0.2) is 6.04 Å². The van der Waals surface area contributed by atoms with Gasteiger partial charge >= 0.3 is 0 Å². The summed E-state index contributed by atoms with van der Waals surface area (Å²) in [6, 6.07) is 5.35. The standard InChI is InChI=1S/C13H20BrFN2/c1-9(2)3-5-11(17-16)7-10-4-6-13(15)12(14)8-10/h4,6,8-9,11,17H,3,5,7,16H2,1-2H3. The Balaban J connectivity index is 2.57. The van der Waals surface area contributed by atoms with Gasteiger partial charge in [0.2, 0.25) is 0 Å². The third kappa shape index (κ3) is 5.15. The first kappa shape index (κ1) is 14.6. The Labute approximate surface area is 111 Å². The molecule has 0 bridgehead atoms. The number of hydrogen-bond acceptors (Lipinski definition) is 2. The number of halogens is 2. The van der Waals surface area contributed by atoms with Gasteiger partial charge in [-0.25, -0.2) is 4.39 Å². The average Bonchev–Trinajstić information content (AvgIpc) is 2.28. The Morgan fingerprint density at radius 1 is 1.35 bits per heavy atom. The summed E-state index contributed by atoms with van der Waals surface area (Å²) < 4.78 is 13.6. The lowest BCUT2D eigenvalue weighted by molar-refractivity contribution is 0.434. The number of nitrogens with two attached hydrogens (primary N) is 1. The van der Waals surface area contributed by atoms with Gasteiger partial charge in [-0.15, -0.1) is 0 Å². The van der Waals surface area contributed by atoms with Gasteiger partial charge in [0.05, 0.1) is 4.47 Å². The Kier molecular flexibility index (Phi) is 6.09. The predicted molar refractivity (Wildman–Crippen MR) is 73.0 cm³/mol. The second kappa shape index (κ2) is 7.09. The first-order valence-electron chi connectivity index (χ1n) is 5.93. The van der Waals surface area contributed by atoms with Crippen molar-refractivity contribution in [2.75, 3.05) is 0 Å². The molecule has 0 aliphatic carbocycles. The molecule has 3 N–H and O–H groups in total. The molecule has 0 fully saturated rings. The summed E-state index contributed by atoms with van der Waals surface area (Å²) >= 11 is 3.19. The number of benzene rings is 1. The van der Waals surface area contributed by atoms with Crippen molar-refractivity contribution in [1.29, 1.82) is 0 Å². The zero-order valence-corrected chi connectivity index (χ0v) is 11.9. The zero-order chi connectivity index (χ0) is 12.8. The van der Waals surface area contributed by atoms with Crippen LogP contribution >= 0.6 is 15.9 Å². The minimum Gasteiger partial charge on any atom is -0.271 e. The summed E-state index contributed by atoms with van der Waals surface area (Å²) in [4.78, 5) is 0. The highest BCUT2D eigenvalue weighted by Gasteiger charge is 2.10. The molecule has 1 aromatic carbocycles. The highest BCUT2D eigenvalue weighted by atomic mass is 79.9. The van der Waals surface area contributed by atoms with E-state index in [1.807, 2.05) is 6.07 Å². The lowest BCUT2D eigenvalue weighted by Crippen LogP contribution is -2.37. The Hall–Kier alpha value is -0.450. The van der Waals surface area contributed by atoms with E-state index in [0.29, 0.717) is 10.4 Å². The summed E-state index contributed by atoms with van der Waals surface area (Å²) in [5.74, 6) is 5.98. The molecule has 2 nitrogen and oxygen atoms in total. The van der Waals surface area contributed by atoms with Gasteiger partial charge in [-0.2, -0.15) is 0 Å². The van der Waals surface area contributed by atoms with Gasteiger partial charge < -0.3 is 0 Å². The van der Waals surface area contributed by atoms with Crippen molar-refractivity contribution in [3.05, 3.63) is 34.1 Å². The third-order valence-corrected chi connectivity index (χ3v) is 3.40. The van der Waals surface area contributed by atoms with E-state index >= 15 is 0 Å². The van der Waals surface area contributed by atoms with Gasteiger partial charge in [0, 0.05) is 6.04 Å². The Morgan fingerprint density at radius 2 is 2.06 bits per heavy atom. The topological polar surface area (TPSA) is 38.0 Å². The number of nitrogens with one attached hydrogen (secondary N) is 1. The van der Waals surface area contributed by atoms with E-state index in [2.05, 4.69) is 35.2 Å². The summed E-state index contributed by atoms with van der Waals surface area (Å²) in [5.41, 5.74) is 3.92. The molecule has 1 aromatic rings. The Morgan fingerprint density at radius 3 is 2.59 bits per heavy atom. The van der Waals surface area contributed by atoms with Crippen LogP contribution in [0.15, 0.2) is 22.7 Å². The van der Waals surface area contributed by atoms with Crippen LogP contribution in [0, 0.1) is 11.7 Å². The molecule has 0 radical (unpaired) electrons. The molecule has 0 aliphatic heterocycles. The van der Waals surface area contributed by atoms with Gasteiger partial charge in [-0.1, -0.05) is 19.9 Å². The normalized spacial score (nSPS) is 13.1. The maximum atomic E-state index is 13.1. The van der Waals surface area contributed by atoms with E-state index < -0.39 is 0 Å². The lowest BCUT2D eigenvalue weighted by atomic mass is 9.98. The molecule has 96 valence electrons. The molecule has 1 unspecified atom stereocenters. The molecular formula is C13H20BrFN2. The van der Waals surface area contributed by atoms with Gasteiger partial charge in [-0.3, -0.25) is 11.3 Å². The molecule has 0 amide bonds. The molecular weight excluding hydrogens is 283 g/mol. The summed E-state index contributed by atoms with van der Waals surface area (Å²) in [5, 5.41) is 0. The van der Waals surface area contributed by atoms with Crippen LogP contribution in [0.4, 0.5) is 4.39 Å². The number of hydrazine groups is 1. The maximum Gasteiger partial charge on any atom is 0.137 e. The fourth-order valence-corrected chi connectivity index (χ4v) is 2.16. The van der Waals surface area contributed by atoms with Gasteiger partial charge in [0.15, 0.2) is 0 Å². The lowest BCUT2D eigenvalue weighted by Gasteiger charge is -2.17. The van der Waals surface area contributed by atoms with Crippen molar-refractivity contribution < 1.29 is 4.39 Å². The van der Waals surface area contributed by atoms with Crippen LogP contribution < -0.4 is 11.3 Å². The minimum absolute atomic E-state index is 0.229. The highest BCUT2D eigenvalue weighted by molar-refractivity contribution is 9.10. The summed E-state index contributed by atoms with van der Waals surface area (Å²) in [6.45, 7) is 4.39. The van der Waals surface area contributed by atoms with Crippen molar-refractivity contribution in [1.82, 2.24) is 5.43 Å². The van der Waals surface area contributed by atoms with Crippen LogP contribution in [0.1, 0.15) is 32.3 Å². The van der Waals surface area contributed by atoms with E-state index in [1.54, 1.807) is 6.07 Å².